The van der Waals surface area contributed by atoms with Crippen LogP contribution >= 0.6 is 0 Å². The van der Waals surface area contributed by atoms with Crippen molar-refractivity contribution in [3.8, 4) is 0 Å². The van der Waals surface area contributed by atoms with Crippen molar-refractivity contribution in [3.05, 3.63) is 0 Å². The summed E-state index contributed by atoms with van der Waals surface area (Å²) in [5, 5.41) is 9.86. The quantitative estimate of drug-likeness (QED) is 0.152. The highest BCUT2D eigenvalue weighted by atomic mass is 19.4. The fourth-order valence-electron chi connectivity index (χ4n) is 9.43. The van der Waals surface area contributed by atoms with Crippen molar-refractivity contribution >= 4 is 5.97 Å². The molecule has 4 aliphatic carbocycles. The summed E-state index contributed by atoms with van der Waals surface area (Å²) in [6.07, 6.45) is -26.5. The summed E-state index contributed by atoms with van der Waals surface area (Å²) in [6, 6.07) is 0. The highest BCUT2D eigenvalue weighted by molar-refractivity contribution is 5.72. The zero-order chi connectivity index (χ0) is 36.3. The molecule has 0 aromatic heterocycles. The van der Waals surface area contributed by atoms with E-state index in [4.69, 9.17) is 9.47 Å². The molecule has 4 nitrogen and oxygen atoms in total. The highest BCUT2D eigenvalue weighted by Gasteiger charge is 2.74. The Morgan fingerprint density at radius 2 is 1.44 bits per heavy atom. The Labute approximate surface area is 271 Å². The van der Waals surface area contributed by atoms with Gasteiger partial charge in [-0.05, 0) is 92.3 Å². The number of carbonyl (C=O) groups excluding carboxylic acids is 1. The maximum Gasteiger partial charge on any atom is 0.426 e. The van der Waals surface area contributed by atoms with Crippen molar-refractivity contribution in [3.63, 3.8) is 0 Å². The SMILES string of the molecule is CCCC1C(C)C2CC(CC(OCCC(C)C(=O)OC(CC(O)(C(F)(F)F)C(F)(F)F)C3CC4CCC3C4)(C(F)(F)F)C(F)(F)F)C1C2. The average molecular weight is 721 g/mol. The number of carbonyl (C=O) groups is 1. The summed E-state index contributed by atoms with van der Waals surface area (Å²) in [7, 11) is 0. The standard InChI is InChI=1S/C32H44F12O4/c1-4-5-22-17(3)20-12-21(23(22)13-20)14-28(31(39,40)41,32(42,43)44)47-9-8-16(2)26(45)48-25(24-11-18-6-7-19(24)10-18)15-27(46,29(33,34)35)30(36,37)38/h16-25,46H,4-15H2,1-3H3. The molecule has 280 valence electrons. The van der Waals surface area contributed by atoms with E-state index in [1.807, 2.05) is 13.8 Å². The van der Waals surface area contributed by atoms with E-state index in [1.165, 1.54) is 0 Å². The van der Waals surface area contributed by atoms with Crippen molar-refractivity contribution in [1.29, 1.82) is 0 Å². The number of fused-ring (bicyclic) bond motifs is 4. The van der Waals surface area contributed by atoms with Gasteiger partial charge in [-0.1, -0.05) is 40.0 Å². The van der Waals surface area contributed by atoms with Gasteiger partial charge in [0, 0.05) is 13.0 Å². The molecule has 0 heterocycles. The Morgan fingerprint density at radius 1 is 0.833 bits per heavy atom. The van der Waals surface area contributed by atoms with E-state index in [2.05, 4.69) is 0 Å². The van der Waals surface area contributed by atoms with Gasteiger partial charge in [-0.2, -0.15) is 52.7 Å². The Kier molecular flexibility index (Phi) is 11.1. The lowest BCUT2D eigenvalue weighted by atomic mass is 9.69. The van der Waals surface area contributed by atoms with Gasteiger partial charge in [0.1, 0.15) is 6.10 Å². The minimum absolute atomic E-state index is 0.000821. The number of halogens is 12. The Bertz CT molecular complexity index is 1090. The minimum Gasteiger partial charge on any atom is -0.462 e. The maximum atomic E-state index is 14.4. The molecule has 10 atom stereocenters. The van der Waals surface area contributed by atoms with Crippen LogP contribution in [0.2, 0.25) is 0 Å². The van der Waals surface area contributed by atoms with Gasteiger partial charge in [-0.15, -0.1) is 0 Å². The molecule has 16 heteroatoms. The number of ether oxygens (including phenoxy) is 2. The molecule has 0 saturated heterocycles. The molecular formula is C32H44F12O4. The second kappa shape index (κ2) is 13.6. The molecule has 0 radical (unpaired) electrons. The lowest BCUT2D eigenvalue weighted by Gasteiger charge is -2.42. The monoisotopic (exact) mass is 720 g/mol. The van der Waals surface area contributed by atoms with Crippen molar-refractivity contribution in [2.75, 3.05) is 6.61 Å². The first-order valence-corrected chi connectivity index (χ1v) is 16.7. The van der Waals surface area contributed by atoms with Crippen LogP contribution in [0.1, 0.15) is 91.4 Å². The van der Waals surface area contributed by atoms with Gasteiger partial charge in [0.2, 0.25) is 0 Å². The summed E-state index contributed by atoms with van der Waals surface area (Å²) in [5.41, 5.74) is -9.76. The molecule has 10 unspecified atom stereocenters. The van der Waals surface area contributed by atoms with Crippen LogP contribution in [-0.4, -0.2) is 59.7 Å². The predicted molar refractivity (Wildman–Crippen MR) is 147 cm³/mol. The molecule has 0 amide bonds. The average Bonchev–Trinajstić information content (AvgIpc) is 3.72. The minimum atomic E-state index is -6.18. The lowest BCUT2D eigenvalue weighted by molar-refractivity contribution is -0.387. The van der Waals surface area contributed by atoms with Gasteiger partial charge in [0.25, 0.3) is 11.2 Å². The summed E-state index contributed by atoms with van der Waals surface area (Å²) >= 11 is 0. The summed E-state index contributed by atoms with van der Waals surface area (Å²) < 4.78 is 178. The molecular weight excluding hydrogens is 676 g/mol. The number of rotatable bonds is 13. The molecule has 4 saturated carbocycles. The highest BCUT2D eigenvalue weighted by Crippen LogP contribution is 2.61. The van der Waals surface area contributed by atoms with E-state index in [9.17, 15) is 62.6 Å². The van der Waals surface area contributed by atoms with Crippen LogP contribution in [0.25, 0.3) is 0 Å². The zero-order valence-electron chi connectivity index (χ0n) is 27.0. The first-order chi connectivity index (χ1) is 21.9. The van der Waals surface area contributed by atoms with E-state index in [1.54, 1.807) is 0 Å². The second-order valence-corrected chi connectivity index (χ2v) is 14.9. The predicted octanol–water partition coefficient (Wildman–Crippen LogP) is 9.58. The zero-order valence-corrected chi connectivity index (χ0v) is 27.0. The van der Waals surface area contributed by atoms with Crippen molar-refractivity contribution < 1.29 is 72.1 Å². The molecule has 4 aliphatic rings. The second-order valence-electron chi connectivity index (χ2n) is 14.9. The number of esters is 1. The van der Waals surface area contributed by atoms with Crippen LogP contribution < -0.4 is 0 Å². The van der Waals surface area contributed by atoms with Crippen LogP contribution in [-0.2, 0) is 14.3 Å². The first-order valence-electron chi connectivity index (χ1n) is 16.7. The van der Waals surface area contributed by atoms with Crippen molar-refractivity contribution in [2.24, 2.45) is 53.3 Å². The Hall–Kier alpha value is -1.45. The maximum absolute atomic E-state index is 14.4. The lowest BCUT2D eigenvalue weighted by Crippen LogP contribution is -2.60. The smallest absolute Gasteiger partial charge is 0.426 e. The summed E-state index contributed by atoms with van der Waals surface area (Å²) in [4.78, 5) is 13.0. The van der Waals surface area contributed by atoms with Gasteiger partial charge < -0.3 is 14.6 Å². The van der Waals surface area contributed by atoms with E-state index < -0.39 is 91.6 Å². The van der Waals surface area contributed by atoms with Gasteiger partial charge in [-0.3, -0.25) is 4.79 Å². The summed E-state index contributed by atoms with van der Waals surface area (Å²) in [5.74, 6) is -5.37. The third-order valence-corrected chi connectivity index (χ3v) is 12.1. The number of alkyl halides is 12. The topological polar surface area (TPSA) is 55.8 Å². The van der Waals surface area contributed by atoms with Crippen LogP contribution in [0.5, 0.6) is 0 Å². The molecule has 4 fully saturated rings. The fourth-order valence-corrected chi connectivity index (χ4v) is 9.43. The molecule has 4 bridgehead atoms. The van der Waals surface area contributed by atoms with Crippen LogP contribution in [0.4, 0.5) is 52.7 Å². The molecule has 0 aromatic rings. The number of hydrogen-bond acceptors (Lipinski definition) is 4. The van der Waals surface area contributed by atoms with Crippen LogP contribution in [0.3, 0.4) is 0 Å². The van der Waals surface area contributed by atoms with Crippen LogP contribution in [0.15, 0.2) is 0 Å². The van der Waals surface area contributed by atoms with E-state index >= 15 is 0 Å². The number of hydrogen-bond donors (Lipinski definition) is 1. The number of aliphatic hydroxyl groups is 1. The van der Waals surface area contributed by atoms with Gasteiger partial charge in [0.05, 0.1) is 5.92 Å². The molecule has 1 N–H and O–H groups in total. The van der Waals surface area contributed by atoms with Crippen molar-refractivity contribution in [1.82, 2.24) is 0 Å². The Morgan fingerprint density at radius 3 is 1.90 bits per heavy atom. The molecule has 0 aromatic carbocycles. The molecule has 0 aliphatic heterocycles. The fraction of sp³-hybridized carbons (Fsp3) is 0.969. The van der Waals surface area contributed by atoms with E-state index in [0.29, 0.717) is 32.1 Å². The molecule has 0 spiro atoms. The van der Waals surface area contributed by atoms with Gasteiger partial charge >= 0.3 is 30.7 Å². The molecule has 4 rings (SSSR count). The van der Waals surface area contributed by atoms with Crippen molar-refractivity contribution in [2.45, 2.75) is 133 Å². The normalized spacial score (nSPS) is 32.6. The van der Waals surface area contributed by atoms with E-state index in [0.717, 1.165) is 13.3 Å². The van der Waals surface area contributed by atoms with Gasteiger partial charge in [-0.25, -0.2) is 0 Å². The summed E-state index contributed by atoms with van der Waals surface area (Å²) in [6.45, 7) is 3.65. The Balaban J connectivity index is 1.48. The van der Waals surface area contributed by atoms with E-state index in [-0.39, 0.29) is 48.3 Å². The van der Waals surface area contributed by atoms with Gasteiger partial charge in [0.15, 0.2) is 0 Å². The third-order valence-electron chi connectivity index (χ3n) is 12.1. The molecule has 48 heavy (non-hydrogen) atoms. The third kappa shape index (κ3) is 7.30. The van der Waals surface area contributed by atoms with Crippen LogP contribution in [0, 0.1) is 53.3 Å². The largest absolute Gasteiger partial charge is 0.462 e. The first kappa shape index (κ1) is 39.3.